The van der Waals surface area contributed by atoms with Gasteiger partial charge in [0, 0.05) is 33.0 Å². The zero-order valence-electron chi connectivity index (χ0n) is 27.6. The first kappa shape index (κ1) is 29.1. The number of furan rings is 1. The number of aromatic nitrogens is 2. The lowest BCUT2D eigenvalue weighted by atomic mass is 9.89. The van der Waals surface area contributed by atoms with E-state index in [2.05, 4.69) is 146 Å². The van der Waals surface area contributed by atoms with Gasteiger partial charge in [-0.3, -0.25) is 0 Å². The van der Waals surface area contributed by atoms with Gasteiger partial charge < -0.3 is 4.42 Å². The quantitative estimate of drug-likeness (QED) is 0.174. The van der Waals surface area contributed by atoms with Crippen molar-refractivity contribution in [3.05, 3.63) is 182 Å². The summed E-state index contributed by atoms with van der Waals surface area (Å²) in [6, 6.07) is 63.8. The Kier molecular flexibility index (Phi) is 6.81. The molecule has 0 amide bonds. The van der Waals surface area contributed by atoms with Crippen molar-refractivity contribution in [3.63, 3.8) is 0 Å². The SMILES string of the molecule is c1ccc(-c2cc(-c3ccc4oc5ccccc5c4c3-c3ccc(-c4cc5ccccc5c5ccccc45)cc3)nc(-c3ccccc3)n2)cc1. The monoisotopic (exact) mass is 650 g/mol. The lowest BCUT2D eigenvalue weighted by Crippen LogP contribution is -1.97. The van der Waals surface area contributed by atoms with Crippen molar-refractivity contribution in [1.82, 2.24) is 9.97 Å². The summed E-state index contributed by atoms with van der Waals surface area (Å²) < 4.78 is 6.44. The Hall–Kier alpha value is -6.84. The van der Waals surface area contributed by atoms with E-state index < -0.39 is 0 Å². The standard InChI is InChI=1S/C48H30N2O/c1-3-13-32(14-4-1)42-30-43(50-48(49-42)34-15-5-2-6-16-34)39-27-28-45-47(40-21-11-12-22-44(40)51-45)46(39)33-25-23-31(24-26-33)41-29-35-17-7-8-18-36(35)37-19-9-10-20-38(37)41/h1-30H. The highest BCUT2D eigenvalue weighted by Crippen LogP contribution is 2.44. The third-order valence-electron chi connectivity index (χ3n) is 9.90. The number of fused-ring (bicyclic) bond motifs is 6. The molecule has 0 saturated heterocycles. The minimum absolute atomic E-state index is 0.689. The summed E-state index contributed by atoms with van der Waals surface area (Å²) in [5, 5.41) is 7.17. The van der Waals surface area contributed by atoms with E-state index in [9.17, 15) is 0 Å². The number of para-hydroxylation sites is 1. The van der Waals surface area contributed by atoms with Gasteiger partial charge in [-0.1, -0.05) is 152 Å². The van der Waals surface area contributed by atoms with E-state index in [1.165, 1.54) is 32.7 Å². The first-order chi connectivity index (χ1) is 25.3. The van der Waals surface area contributed by atoms with Crippen LogP contribution in [-0.2, 0) is 0 Å². The molecular formula is C48H30N2O. The summed E-state index contributed by atoms with van der Waals surface area (Å²) in [7, 11) is 0. The Morgan fingerprint density at radius 2 is 0.961 bits per heavy atom. The van der Waals surface area contributed by atoms with Crippen LogP contribution >= 0.6 is 0 Å². The normalized spacial score (nSPS) is 11.5. The molecular weight excluding hydrogens is 621 g/mol. The van der Waals surface area contributed by atoms with Crippen LogP contribution in [0.25, 0.3) is 99.6 Å². The third-order valence-corrected chi connectivity index (χ3v) is 9.90. The smallest absolute Gasteiger partial charge is 0.160 e. The van der Waals surface area contributed by atoms with E-state index in [1.807, 2.05) is 36.4 Å². The predicted molar refractivity (Wildman–Crippen MR) is 212 cm³/mol. The summed E-state index contributed by atoms with van der Waals surface area (Å²) in [5.41, 5.74) is 11.1. The molecule has 2 aromatic heterocycles. The number of hydrogen-bond acceptors (Lipinski definition) is 3. The maximum Gasteiger partial charge on any atom is 0.160 e. The summed E-state index contributed by atoms with van der Waals surface area (Å²) in [4.78, 5) is 10.3. The molecule has 51 heavy (non-hydrogen) atoms. The average molecular weight is 651 g/mol. The van der Waals surface area contributed by atoms with Crippen molar-refractivity contribution in [3.8, 4) is 56.2 Å². The molecule has 0 unspecified atom stereocenters. The number of nitrogens with zero attached hydrogens (tertiary/aromatic N) is 2. The fourth-order valence-electron chi connectivity index (χ4n) is 7.50. The topological polar surface area (TPSA) is 38.9 Å². The molecule has 3 nitrogen and oxygen atoms in total. The molecule has 2 heterocycles. The van der Waals surface area contributed by atoms with Crippen LogP contribution in [-0.4, -0.2) is 9.97 Å². The van der Waals surface area contributed by atoms with Crippen LogP contribution in [0.1, 0.15) is 0 Å². The summed E-state index contributed by atoms with van der Waals surface area (Å²) >= 11 is 0. The Morgan fingerprint density at radius 1 is 0.353 bits per heavy atom. The summed E-state index contributed by atoms with van der Waals surface area (Å²) in [6.07, 6.45) is 0. The molecule has 0 aliphatic rings. The van der Waals surface area contributed by atoms with Crippen LogP contribution in [0.15, 0.2) is 186 Å². The van der Waals surface area contributed by atoms with Gasteiger partial charge in [-0.15, -0.1) is 0 Å². The zero-order valence-corrected chi connectivity index (χ0v) is 27.6. The molecule has 0 atom stereocenters. The molecule has 0 aliphatic heterocycles. The van der Waals surface area contributed by atoms with Crippen molar-refractivity contribution in [2.75, 3.05) is 0 Å². The second-order valence-electron chi connectivity index (χ2n) is 12.9. The van der Waals surface area contributed by atoms with Crippen molar-refractivity contribution in [1.29, 1.82) is 0 Å². The van der Waals surface area contributed by atoms with Gasteiger partial charge in [-0.05, 0) is 68.6 Å². The molecule has 8 aromatic carbocycles. The van der Waals surface area contributed by atoms with Crippen LogP contribution in [0, 0.1) is 0 Å². The summed E-state index contributed by atoms with van der Waals surface area (Å²) in [6.45, 7) is 0. The lowest BCUT2D eigenvalue weighted by molar-refractivity contribution is 0.669. The zero-order chi connectivity index (χ0) is 33.7. The highest BCUT2D eigenvalue weighted by molar-refractivity contribution is 6.16. The molecule has 0 spiro atoms. The maximum absolute atomic E-state index is 6.44. The van der Waals surface area contributed by atoms with Crippen molar-refractivity contribution in [2.24, 2.45) is 0 Å². The Morgan fingerprint density at radius 3 is 1.75 bits per heavy atom. The first-order valence-electron chi connectivity index (χ1n) is 17.2. The van der Waals surface area contributed by atoms with E-state index in [-0.39, 0.29) is 0 Å². The van der Waals surface area contributed by atoms with Crippen LogP contribution in [0.3, 0.4) is 0 Å². The molecule has 10 aromatic rings. The van der Waals surface area contributed by atoms with Crippen LogP contribution in [0.4, 0.5) is 0 Å². The number of rotatable bonds is 5. The lowest BCUT2D eigenvalue weighted by Gasteiger charge is -2.15. The van der Waals surface area contributed by atoms with Gasteiger partial charge in [-0.2, -0.15) is 0 Å². The average Bonchev–Trinajstić information content (AvgIpc) is 3.60. The van der Waals surface area contributed by atoms with E-state index in [4.69, 9.17) is 14.4 Å². The minimum Gasteiger partial charge on any atom is -0.456 e. The van der Waals surface area contributed by atoms with Crippen molar-refractivity contribution < 1.29 is 4.42 Å². The highest BCUT2D eigenvalue weighted by Gasteiger charge is 2.20. The minimum atomic E-state index is 0.689. The maximum atomic E-state index is 6.44. The molecule has 3 heteroatoms. The third kappa shape index (κ3) is 4.98. The van der Waals surface area contributed by atoms with Gasteiger partial charge in [0.15, 0.2) is 5.82 Å². The Labute approximate surface area is 295 Å². The molecule has 10 rings (SSSR count). The van der Waals surface area contributed by atoms with Crippen LogP contribution in [0.2, 0.25) is 0 Å². The van der Waals surface area contributed by atoms with Gasteiger partial charge >= 0.3 is 0 Å². The number of hydrogen-bond donors (Lipinski definition) is 0. The van der Waals surface area contributed by atoms with Crippen LogP contribution < -0.4 is 0 Å². The molecule has 0 saturated carbocycles. The predicted octanol–water partition coefficient (Wildman–Crippen LogP) is 13.0. The van der Waals surface area contributed by atoms with Crippen molar-refractivity contribution >= 4 is 43.5 Å². The fourth-order valence-corrected chi connectivity index (χ4v) is 7.50. The molecule has 238 valence electrons. The van der Waals surface area contributed by atoms with E-state index in [0.29, 0.717) is 5.82 Å². The Balaban J connectivity index is 1.21. The molecule has 0 radical (unpaired) electrons. The summed E-state index contributed by atoms with van der Waals surface area (Å²) in [5.74, 6) is 0.689. The molecule has 0 aliphatic carbocycles. The van der Waals surface area contributed by atoms with Gasteiger partial charge in [0.2, 0.25) is 0 Å². The van der Waals surface area contributed by atoms with Gasteiger partial charge in [0.25, 0.3) is 0 Å². The van der Waals surface area contributed by atoms with E-state index >= 15 is 0 Å². The molecule has 0 bridgehead atoms. The van der Waals surface area contributed by atoms with Gasteiger partial charge in [0.1, 0.15) is 11.2 Å². The second kappa shape index (κ2) is 11.9. The first-order valence-corrected chi connectivity index (χ1v) is 17.2. The van der Waals surface area contributed by atoms with E-state index in [0.717, 1.165) is 61.1 Å². The van der Waals surface area contributed by atoms with Crippen molar-refractivity contribution in [2.45, 2.75) is 0 Å². The second-order valence-corrected chi connectivity index (χ2v) is 12.9. The fraction of sp³-hybridized carbons (Fsp3) is 0. The highest BCUT2D eigenvalue weighted by atomic mass is 16.3. The van der Waals surface area contributed by atoms with Crippen LogP contribution in [0.5, 0.6) is 0 Å². The molecule has 0 fully saturated rings. The van der Waals surface area contributed by atoms with Gasteiger partial charge in [0.05, 0.1) is 11.4 Å². The number of benzene rings is 8. The van der Waals surface area contributed by atoms with E-state index in [1.54, 1.807) is 0 Å². The largest absolute Gasteiger partial charge is 0.456 e. The Bertz CT molecular complexity index is 2830. The molecule has 0 N–H and O–H groups in total. The van der Waals surface area contributed by atoms with Gasteiger partial charge in [-0.25, -0.2) is 9.97 Å².